The van der Waals surface area contributed by atoms with Crippen LogP contribution in [0.2, 0.25) is 0 Å². The smallest absolute Gasteiger partial charge is 0.204 e. The topological polar surface area (TPSA) is 53.7 Å². The summed E-state index contributed by atoms with van der Waals surface area (Å²) in [5, 5.41) is 0. The summed E-state index contributed by atoms with van der Waals surface area (Å²) in [6.07, 6.45) is 0.731. The monoisotopic (exact) mass is 287 g/mol. The molecule has 0 aliphatic rings. The molecule has 2 N–H and O–H groups in total. The van der Waals surface area contributed by atoms with Crippen molar-refractivity contribution in [1.82, 2.24) is 0 Å². The Labute approximate surface area is 125 Å². The molecule has 0 heterocycles. The first kappa shape index (κ1) is 15.2. The van der Waals surface area contributed by atoms with Crippen molar-refractivity contribution in [3.63, 3.8) is 0 Å². The van der Waals surface area contributed by atoms with Gasteiger partial charge in [-0.2, -0.15) is 0 Å². The minimum Gasteiger partial charge on any atom is -0.493 e. The van der Waals surface area contributed by atoms with Crippen LogP contribution in [0.4, 0.5) is 0 Å². The van der Waals surface area contributed by atoms with E-state index in [0.717, 1.165) is 17.5 Å². The predicted molar refractivity (Wildman–Crippen MR) is 83.1 cm³/mol. The standard InChI is InChI=1S/C17H21NO3/c1-19-15-9-8-14(10-11-18)16(20-2)17(15)21-12-13-6-4-3-5-7-13/h3-9H,10-12,18H2,1-2H3. The highest BCUT2D eigenvalue weighted by atomic mass is 16.5. The Hall–Kier alpha value is -2.20. The van der Waals surface area contributed by atoms with Gasteiger partial charge in [-0.05, 0) is 30.2 Å². The number of hydrogen-bond donors (Lipinski definition) is 1. The van der Waals surface area contributed by atoms with E-state index in [-0.39, 0.29) is 0 Å². The van der Waals surface area contributed by atoms with Gasteiger partial charge in [0, 0.05) is 0 Å². The fraction of sp³-hybridized carbons (Fsp3) is 0.294. The van der Waals surface area contributed by atoms with E-state index in [9.17, 15) is 0 Å². The summed E-state index contributed by atoms with van der Waals surface area (Å²) in [7, 11) is 3.25. The van der Waals surface area contributed by atoms with Crippen molar-refractivity contribution in [2.45, 2.75) is 13.0 Å². The summed E-state index contributed by atoms with van der Waals surface area (Å²) in [6, 6.07) is 13.8. The van der Waals surface area contributed by atoms with Crippen molar-refractivity contribution in [1.29, 1.82) is 0 Å². The Bertz CT molecular complexity index is 570. The van der Waals surface area contributed by atoms with Crippen molar-refractivity contribution in [3.05, 3.63) is 53.6 Å². The molecule has 0 saturated heterocycles. The zero-order chi connectivity index (χ0) is 15.1. The van der Waals surface area contributed by atoms with Crippen molar-refractivity contribution in [3.8, 4) is 17.2 Å². The molecule has 2 rings (SSSR count). The van der Waals surface area contributed by atoms with Crippen LogP contribution in [0.15, 0.2) is 42.5 Å². The van der Waals surface area contributed by atoms with E-state index in [1.54, 1.807) is 14.2 Å². The van der Waals surface area contributed by atoms with Crippen molar-refractivity contribution < 1.29 is 14.2 Å². The molecule has 2 aromatic rings. The van der Waals surface area contributed by atoms with Gasteiger partial charge in [0.05, 0.1) is 14.2 Å². The lowest BCUT2D eigenvalue weighted by Crippen LogP contribution is -2.06. The zero-order valence-electron chi connectivity index (χ0n) is 12.5. The van der Waals surface area contributed by atoms with Crippen LogP contribution in [0.3, 0.4) is 0 Å². The fourth-order valence-corrected chi connectivity index (χ4v) is 2.19. The van der Waals surface area contributed by atoms with Crippen molar-refractivity contribution in [2.75, 3.05) is 20.8 Å². The second kappa shape index (κ2) is 7.55. The lowest BCUT2D eigenvalue weighted by atomic mass is 10.1. The van der Waals surface area contributed by atoms with Crippen LogP contribution in [0.25, 0.3) is 0 Å². The van der Waals surface area contributed by atoms with Crippen molar-refractivity contribution in [2.24, 2.45) is 5.73 Å². The van der Waals surface area contributed by atoms with Crippen LogP contribution >= 0.6 is 0 Å². The van der Waals surface area contributed by atoms with E-state index >= 15 is 0 Å². The summed E-state index contributed by atoms with van der Waals surface area (Å²) in [4.78, 5) is 0. The van der Waals surface area contributed by atoms with E-state index in [1.807, 2.05) is 42.5 Å². The van der Waals surface area contributed by atoms with E-state index in [1.165, 1.54) is 0 Å². The number of nitrogens with two attached hydrogens (primary N) is 1. The summed E-state index contributed by atoms with van der Waals surface area (Å²) in [5.74, 6) is 1.97. The number of ether oxygens (including phenoxy) is 3. The average Bonchev–Trinajstić information content (AvgIpc) is 2.54. The molecule has 0 spiro atoms. The molecule has 0 radical (unpaired) electrons. The number of methoxy groups -OCH3 is 2. The first-order valence-electron chi connectivity index (χ1n) is 6.90. The summed E-state index contributed by atoms with van der Waals surface area (Å²) in [6.45, 7) is 1.01. The SMILES string of the molecule is COc1ccc(CCN)c(OC)c1OCc1ccccc1. The van der Waals surface area contributed by atoms with Crippen LogP contribution in [0.5, 0.6) is 17.2 Å². The molecule has 0 aliphatic heterocycles. The largest absolute Gasteiger partial charge is 0.493 e. The maximum Gasteiger partial charge on any atom is 0.204 e. The van der Waals surface area contributed by atoms with Gasteiger partial charge in [-0.3, -0.25) is 0 Å². The molecule has 0 unspecified atom stereocenters. The quantitative estimate of drug-likeness (QED) is 0.851. The molecular formula is C17H21NO3. The van der Waals surface area contributed by atoms with Gasteiger partial charge >= 0.3 is 0 Å². The van der Waals surface area contributed by atoms with Gasteiger partial charge in [-0.15, -0.1) is 0 Å². The Morgan fingerprint density at radius 3 is 2.29 bits per heavy atom. The third-order valence-corrected chi connectivity index (χ3v) is 3.22. The highest BCUT2D eigenvalue weighted by Gasteiger charge is 2.16. The molecule has 0 amide bonds. The molecule has 112 valence electrons. The van der Waals surface area contributed by atoms with E-state index in [4.69, 9.17) is 19.9 Å². The summed E-state index contributed by atoms with van der Waals surface area (Å²) in [5.41, 5.74) is 7.75. The molecule has 0 aliphatic carbocycles. The molecule has 0 aromatic heterocycles. The number of benzene rings is 2. The van der Waals surface area contributed by atoms with Gasteiger partial charge in [0.25, 0.3) is 0 Å². The van der Waals surface area contributed by atoms with Gasteiger partial charge in [-0.1, -0.05) is 36.4 Å². The highest BCUT2D eigenvalue weighted by Crippen LogP contribution is 2.40. The molecule has 0 atom stereocenters. The second-order valence-corrected chi connectivity index (χ2v) is 4.60. The van der Waals surface area contributed by atoms with Crippen molar-refractivity contribution >= 4 is 0 Å². The molecule has 2 aromatic carbocycles. The lowest BCUT2D eigenvalue weighted by molar-refractivity contribution is 0.264. The first-order chi connectivity index (χ1) is 10.3. The van der Waals surface area contributed by atoms with Crippen LogP contribution < -0.4 is 19.9 Å². The van der Waals surface area contributed by atoms with Crippen LogP contribution in [-0.4, -0.2) is 20.8 Å². The normalized spacial score (nSPS) is 10.2. The van der Waals surface area contributed by atoms with Crippen LogP contribution in [0, 0.1) is 0 Å². The third kappa shape index (κ3) is 3.67. The lowest BCUT2D eigenvalue weighted by Gasteiger charge is -2.17. The van der Waals surface area contributed by atoms with E-state index < -0.39 is 0 Å². The zero-order valence-corrected chi connectivity index (χ0v) is 12.5. The minimum absolute atomic E-state index is 0.458. The Morgan fingerprint density at radius 1 is 0.905 bits per heavy atom. The van der Waals surface area contributed by atoms with Crippen LogP contribution in [-0.2, 0) is 13.0 Å². The van der Waals surface area contributed by atoms with Gasteiger partial charge in [0.1, 0.15) is 6.61 Å². The summed E-state index contributed by atoms with van der Waals surface area (Å²) < 4.78 is 16.8. The van der Waals surface area contributed by atoms with Gasteiger partial charge in [0.2, 0.25) is 5.75 Å². The third-order valence-electron chi connectivity index (χ3n) is 3.22. The second-order valence-electron chi connectivity index (χ2n) is 4.60. The number of rotatable bonds is 7. The highest BCUT2D eigenvalue weighted by molar-refractivity contribution is 5.56. The fourth-order valence-electron chi connectivity index (χ4n) is 2.19. The minimum atomic E-state index is 0.458. The molecule has 4 heteroatoms. The molecule has 21 heavy (non-hydrogen) atoms. The van der Waals surface area contributed by atoms with Gasteiger partial charge in [-0.25, -0.2) is 0 Å². The van der Waals surface area contributed by atoms with Crippen LogP contribution in [0.1, 0.15) is 11.1 Å². The summed E-state index contributed by atoms with van der Waals surface area (Å²) >= 11 is 0. The number of hydrogen-bond acceptors (Lipinski definition) is 4. The van der Waals surface area contributed by atoms with Gasteiger partial charge < -0.3 is 19.9 Å². The molecule has 0 fully saturated rings. The predicted octanol–water partition coefficient (Wildman–Crippen LogP) is 2.78. The Kier molecular flexibility index (Phi) is 5.46. The maximum atomic E-state index is 5.93. The molecular weight excluding hydrogens is 266 g/mol. The Morgan fingerprint density at radius 2 is 1.67 bits per heavy atom. The molecule has 4 nitrogen and oxygen atoms in total. The van der Waals surface area contributed by atoms with Gasteiger partial charge in [0.15, 0.2) is 11.5 Å². The molecule has 0 saturated carbocycles. The molecule has 0 bridgehead atoms. The van der Waals surface area contributed by atoms with E-state index in [0.29, 0.717) is 30.4 Å². The Balaban J connectivity index is 2.28. The average molecular weight is 287 g/mol. The maximum absolute atomic E-state index is 5.93. The first-order valence-corrected chi connectivity index (χ1v) is 6.90. The van der Waals surface area contributed by atoms with E-state index in [2.05, 4.69) is 0 Å².